The van der Waals surface area contributed by atoms with E-state index in [2.05, 4.69) is 19.4 Å². The van der Waals surface area contributed by atoms with Crippen LogP contribution >= 0.6 is 11.8 Å². The molecule has 0 aromatic carbocycles. The second-order valence-corrected chi connectivity index (χ2v) is 11.0. The van der Waals surface area contributed by atoms with E-state index in [1.54, 1.807) is 6.92 Å². The van der Waals surface area contributed by atoms with Crippen molar-refractivity contribution in [2.45, 2.75) is 37.8 Å². The van der Waals surface area contributed by atoms with Gasteiger partial charge < -0.3 is 29.8 Å². The number of carboxylic acids is 1. The third-order valence-electron chi connectivity index (χ3n) is 7.31. The van der Waals surface area contributed by atoms with E-state index in [9.17, 15) is 24.6 Å². The molecule has 31 heavy (non-hydrogen) atoms. The Hall–Kier alpha value is -1.62. The van der Waals surface area contributed by atoms with Crippen LogP contribution in [0.4, 0.5) is 0 Å². The average molecular weight is 454 g/mol. The number of aliphatic carboxylic acids is 1. The molecule has 10 heteroatoms. The lowest BCUT2D eigenvalue weighted by molar-refractivity contribution is -0.888. The maximum Gasteiger partial charge on any atom is 0.353 e. The van der Waals surface area contributed by atoms with Crippen LogP contribution in [0.15, 0.2) is 10.6 Å². The quantitative estimate of drug-likeness (QED) is 0.388. The molecule has 3 fully saturated rings. The summed E-state index contributed by atoms with van der Waals surface area (Å²) in [7, 11) is 4.17. The van der Waals surface area contributed by atoms with Gasteiger partial charge in [0, 0.05) is 43.4 Å². The maximum absolute atomic E-state index is 13.1. The normalized spacial score (nSPS) is 35.8. The number of quaternary nitrogens is 1. The SMILES string of the molecule is C[C@@H](O)[C@H]1C(=O)N2C(C(=O)O)=C(S[C@H]3C[C@@H](C(=O)N4CCNCC4)C[N+]3(C)C)[C@H](C)[C@H]12. The number of carboxylic acid groups (broad SMARTS) is 1. The second-order valence-electron chi connectivity index (χ2n) is 9.81. The van der Waals surface area contributed by atoms with E-state index in [1.165, 1.54) is 16.7 Å². The van der Waals surface area contributed by atoms with E-state index in [-0.39, 0.29) is 40.8 Å². The van der Waals surface area contributed by atoms with Crippen LogP contribution in [0.3, 0.4) is 0 Å². The Bertz CT molecular complexity index is 823. The minimum atomic E-state index is -1.11. The molecular weight excluding hydrogens is 420 g/mol. The van der Waals surface area contributed by atoms with Crippen molar-refractivity contribution in [2.75, 3.05) is 46.8 Å². The smallest absolute Gasteiger partial charge is 0.353 e. The number of hydrogen-bond donors (Lipinski definition) is 3. The minimum Gasteiger partial charge on any atom is -0.477 e. The lowest BCUT2D eigenvalue weighted by atomic mass is 9.79. The monoisotopic (exact) mass is 453 g/mol. The van der Waals surface area contributed by atoms with E-state index >= 15 is 0 Å². The Morgan fingerprint density at radius 1 is 1.26 bits per heavy atom. The first-order valence-corrected chi connectivity index (χ1v) is 11.9. The first-order valence-electron chi connectivity index (χ1n) is 11.0. The standard InChI is InChI=1S/C21H32N4O5S/c1-11-16-15(12(2)26)20(28)24(16)17(21(29)30)18(11)31-14-9-13(10-25(14,3)4)19(27)23-7-5-22-6-8-23/h11-16,22,26H,5-10H2,1-4H3/p+1/t11-,12-,13-,14+,15-,16-/m1/s1. The highest BCUT2D eigenvalue weighted by molar-refractivity contribution is 8.03. The predicted molar refractivity (Wildman–Crippen MR) is 116 cm³/mol. The molecule has 4 aliphatic rings. The summed E-state index contributed by atoms with van der Waals surface area (Å²) in [6.07, 6.45) is -0.127. The van der Waals surface area contributed by atoms with Gasteiger partial charge in [0.2, 0.25) is 11.8 Å². The van der Waals surface area contributed by atoms with E-state index in [0.717, 1.165) is 26.2 Å². The molecule has 0 radical (unpaired) electrons. The molecule has 0 spiro atoms. The molecule has 4 heterocycles. The number of nitrogens with one attached hydrogen (secondary N) is 1. The lowest BCUT2D eigenvalue weighted by Gasteiger charge is -2.46. The van der Waals surface area contributed by atoms with Gasteiger partial charge in [0.15, 0.2) is 0 Å². The number of β-lactam (4-membered cyclic amide) rings is 1. The van der Waals surface area contributed by atoms with Gasteiger partial charge in [-0.15, -0.1) is 0 Å². The van der Waals surface area contributed by atoms with Crippen molar-refractivity contribution in [2.24, 2.45) is 17.8 Å². The second kappa shape index (κ2) is 8.06. The summed E-state index contributed by atoms with van der Waals surface area (Å²) in [5.74, 6) is -2.03. The molecule has 0 bridgehead atoms. The fraction of sp³-hybridized carbons (Fsp3) is 0.762. The van der Waals surface area contributed by atoms with Crippen LogP contribution < -0.4 is 5.32 Å². The molecule has 3 saturated heterocycles. The van der Waals surface area contributed by atoms with Gasteiger partial charge in [0.1, 0.15) is 11.1 Å². The number of fused-ring (bicyclic) bond motifs is 1. The average Bonchev–Trinajstić information content (AvgIpc) is 3.13. The predicted octanol–water partition coefficient (Wildman–Crippen LogP) is -0.272. The zero-order chi connectivity index (χ0) is 22.7. The highest BCUT2D eigenvalue weighted by Crippen LogP contribution is 2.53. The van der Waals surface area contributed by atoms with Crippen molar-refractivity contribution in [3.8, 4) is 0 Å². The molecule has 0 aromatic rings. The van der Waals surface area contributed by atoms with Gasteiger partial charge in [-0.05, 0) is 6.92 Å². The largest absolute Gasteiger partial charge is 0.477 e. The minimum absolute atomic E-state index is 0.0301. The van der Waals surface area contributed by atoms with Gasteiger partial charge in [0.25, 0.3) is 0 Å². The first kappa shape index (κ1) is 22.6. The van der Waals surface area contributed by atoms with Gasteiger partial charge in [-0.1, -0.05) is 18.7 Å². The highest BCUT2D eigenvalue weighted by atomic mass is 32.2. The van der Waals surface area contributed by atoms with Gasteiger partial charge in [-0.3, -0.25) is 9.59 Å². The number of aliphatic hydroxyl groups excluding tert-OH is 1. The molecule has 4 aliphatic heterocycles. The van der Waals surface area contributed by atoms with E-state index in [1.807, 2.05) is 11.8 Å². The van der Waals surface area contributed by atoms with Crippen LogP contribution in [-0.2, 0) is 14.4 Å². The molecule has 6 atom stereocenters. The Morgan fingerprint density at radius 2 is 1.90 bits per heavy atom. The summed E-state index contributed by atoms with van der Waals surface area (Å²) in [5.41, 5.74) is 0.0567. The number of thioether (sulfide) groups is 1. The molecule has 0 aliphatic carbocycles. The van der Waals surface area contributed by atoms with Crippen molar-refractivity contribution in [3.05, 3.63) is 10.6 Å². The van der Waals surface area contributed by atoms with Gasteiger partial charge in [-0.25, -0.2) is 4.79 Å². The van der Waals surface area contributed by atoms with Crippen LogP contribution in [0.1, 0.15) is 20.3 Å². The molecule has 172 valence electrons. The topological polar surface area (TPSA) is 110 Å². The van der Waals surface area contributed by atoms with Crippen LogP contribution in [0, 0.1) is 17.8 Å². The van der Waals surface area contributed by atoms with Crippen molar-refractivity contribution in [1.29, 1.82) is 0 Å². The van der Waals surface area contributed by atoms with Crippen LogP contribution in [-0.4, -0.2) is 107 Å². The summed E-state index contributed by atoms with van der Waals surface area (Å²) in [4.78, 5) is 41.7. The molecule has 9 nitrogen and oxygen atoms in total. The molecule has 0 aromatic heterocycles. The van der Waals surface area contributed by atoms with Crippen molar-refractivity contribution >= 4 is 29.5 Å². The molecule has 0 unspecified atom stereocenters. The number of nitrogens with zero attached hydrogens (tertiary/aromatic N) is 3. The highest BCUT2D eigenvalue weighted by Gasteiger charge is 2.61. The fourth-order valence-electron chi connectivity index (χ4n) is 5.63. The number of carbonyl (C=O) groups is 3. The third kappa shape index (κ3) is 3.67. The number of likely N-dealkylation sites (tertiary alicyclic amines) is 1. The van der Waals surface area contributed by atoms with E-state index in [0.29, 0.717) is 22.4 Å². The number of amides is 2. The first-order chi connectivity index (χ1) is 14.5. The molecular formula is C21H33N4O5S+. The molecule has 2 amide bonds. The fourth-order valence-corrected chi connectivity index (χ4v) is 7.27. The Kier molecular flexibility index (Phi) is 5.87. The maximum atomic E-state index is 13.1. The molecule has 3 N–H and O–H groups in total. The summed E-state index contributed by atoms with van der Waals surface area (Å²) < 4.78 is 0.620. The van der Waals surface area contributed by atoms with Gasteiger partial charge in [-0.2, -0.15) is 0 Å². The Morgan fingerprint density at radius 3 is 2.48 bits per heavy atom. The summed E-state index contributed by atoms with van der Waals surface area (Å²) in [6.45, 7) is 7.33. The molecule has 4 rings (SSSR count). The number of piperazine rings is 1. The zero-order valence-corrected chi connectivity index (χ0v) is 19.4. The van der Waals surface area contributed by atoms with Crippen LogP contribution in [0.5, 0.6) is 0 Å². The zero-order valence-electron chi connectivity index (χ0n) is 18.6. The number of rotatable bonds is 5. The number of hydrogen-bond acceptors (Lipinski definition) is 6. The van der Waals surface area contributed by atoms with Crippen LogP contribution in [0.2, 0.25) is 0 Å². The van der Waals surface area contributed by atoms with Gasteiger partial charge in [0.05, 0.1) is 44.6 Å². The van der Waals surface area contributed by atoms with Crippen molar-refractivity contribution in [1.82, 2.24) is 15.1 Å². The molecule has 0 saturated carbocycles. The van der Waals surface area contributed by atoms with Crippen LogP contribution in [0.25, 0.3) is 0 Å². The van der Waals surface area contributed by atoms with Gasteiger partial charge >= 0.3 is 5.97 Å². The summed E-state index contributed by atoms with van der Waals surface area (Å²) in [6, 6.07) is -0.309. The van der Waals surface area contributed by atoms with Crippen molar-refractivity contribution in [3.63, 3.8) is 0 Å². The Labute approximate surface area is 187 Å². The van der Waals surface area contributed by atoms with E-state index < -0.39 is 18.0 Å². The van der Waals surface area contributed by atoms with E-state index in [4.69, 9.17) is 0 Å². The third-order valence-corrected chi connectivity index (χ3v) is 9.16. The van der Waals surface area contributed by atoms with Crippen molar-refractivity contribution < 1.29 is 29.1 Å². The Balaban J connectivity index is 1.54. The number of aliphatic hydroxyl groups is 1. The summed E-state index contributed by atoms with van der Waals surface area (Å²) >= 11 is 1.51. The summed E-state index contributed by atoms with van der Waals surface area (Å²) in [5, 5.41) is 23.2. The number of carbonyl (C=O) groups excluding carboxylic acids is 2. The lowest BCUT2D eigenvalue weighted by Crippen LogP contribution is -2.63.